The van der Waals surface area contributed by atoms with Gasteiger partial charge in [0.1, 0.15) is 0 Å². The number of rotatable bonds is 2. The zero-order chi connectivity index (χ0) is 14.0. The van der Waals surface area contributed by atoms with E-state index in [1.54, 1.807) is 6.07 Å². The normalized spacial score (nSPS) is 23.2. The Morgan fingerprint density at radius 1 is 1.32 bits per heavy atom. The first-order valence-corrected chi connectivity index (χ1v) is 7.27. The topological polar surface area (TPSA) is 55.1 Å². The highest BCUT2D eigenvalue weighted by molar-refractivity contribution is 6.40. The lowest BCUT2D eigenvalue weighted by atomic mass is 9.84. The van der Waals surface area contributed by atoms with Crippen LogP contribution in [-0.4, -0.2) is 11.9 Å². The van der Waals surface area contributed by atoms with E-state index in [1.807, 2.05) is 13.0 Å². The Bertz CT molecular complexity index is 491. The molecule has 1 aliphatic rings. The van der Waals surface area contributed by atoms with E-state index in [9.17, 15) is 4.79 Å². The van der Waals surface area contributed by atoms with Crippen LogP contribution in [0.3, 0.4) is 0 Å². The maximum Gasteiger partial charge on any atom is 0.229 e. The van der Waals surface area contributed by atoms with Gasteiger partial charge in [0.25, 0.3) is 0 Å². The highest BCUT2D eigenvalue weighted by atomic mass is 35.5. The average Bonchev–Trinajstić information content (AvgIpc) is 2.39. The smallest absolute Gasteiger partial charge is 0.229 e. The van der Waals surface area contributed by atoms with Crippen molar-refractivity contribution in [2.24, 2.45) is 11.7 Å². The van der Waals surface area contributed by atoms with Crippen molar-refractivity contribution >= 4 is 34.8 Å². The molecule has 1 amide bonds. The van der Waals surface area contributed by atoms with Crippen molar-refractivity contribution < 1.29 is 4.79 Å². The van der Waals surface area contributed by atoms with Crippen molar-refractivity contribution in [2.45, 2.75) is 38.6 Å². The summed E-state index contributed by atoms with van der Waals surface area (Å²) < 4.78 is 0. The molecule has 0 aromatic heterocycles. The number of halogens is 2. The van der Waals surface area contributed by atoms with Gasteiger partial charge < -0.3 is 11.1 Å². The zero-order valence-corrected chi connectivity index (χ0v) is 12.4. The fourth-order valence-electron chi connectivity index (χ4n) is 2.47. The third-order valence-electron chi connectivity index (χ3n) is 3.69. The van der Waals surface area contributed by atoms with Crippen molar-refractivity contribution in [3.05, 3.63) is 27.7 Å². The maximum absolute atomic E-state index is 12.3. The van der Waals surface area contributed by atoms with Gasteiger partial charge in [-0.15, -0.1) is 0 Å². The van der Waals surface area contributed by atoms with Crippen LogP contribution in [0.5, 0.6) is 0 Å². The van der Waals surface area contributed by atoms with E-state index in [2.05, 4.69) is 5.32 Å². The second-order valence-corrected chi connectivity index (χ2v) is 5.88. The molecule has 104 valence electrons. The Morgan fingerprint density at radius 3 is 2.68 bits per heavy atom. The molecule has 1 aromatic rings. The van der Waals surface area contributed by atoms with Gasteiger partial charge in [-0.1, -0.05) is 42.1 Å². The van der Waals surface area contributed by atoms with Crippen LogP contribution in [0.1, 0.15) is 31.2 Å². The van der Waals surface area contributed by atoms with Gasteiger partial charge in [0.15, 0.2) is 0 Å². The summed E-state index contributed by atoms with van der Waals surface area (Å²) in [5, 5.41) is 3.78. The molecule has 5 heteroatoms. The summed E-state index contributed by atoms with van der Waals surface area (Å²) in [6.45, 7) is 1.88. The molecule has 0 aliphatic heterocycles. The number of hydrogen-bond acceptors (Lipinski definition) is 2. The van der Waals surface area contributed by atoms with E-state index >= 15 is 0 Å². The van der Waals surface area contributed by atoms with Gasteiger partial charge in [-0.25, -0.2) is 0 Å². The van der Waals surface area contributed by atoms with Crippen LogP contribution in [0.15, 0.2) is 12.1 Å². The second kappa shape index (κ2) is 6.12. The highest BCUT2D eigenvalue weighted by Crippen LogP contribution is 2.34. The van der Waals surface area contributed by atoms with Crippen molar-refractivity contribution in [1.82, 2.24) is 0 Å². The van der Waals surface area contributed by atoms with Crippen LogP contribution in [0, 0.1) is 12.8 Å². The third-order valence-corrected chi connectivity index (χ3v) is 4.49. The van der Waals surface area contributed by atoms with Gasteiger partial charge in [0.2, 0.25) is 5.91 Å². The minimum atomic E-state index is -0.151. The fourth-order valence-corrected chi connectivity index (χ4v) is 2.94. The van der Waals surface area contributed by atoms with Crippen molar-refractivity contribution in [1.29, 1.82) is 0 Å². The number of carbonyl (C=O) groups is 1. The first-order valence-electron chi connectivity index (χ1n) is 6.51. The molecule has 19 heavy (non-hydrogen) atoms. The summed E-state index contributed by atoms with van der Waals surface area (Å²) in [4.78, 5) is 12.3. The minimum Gasteiger partial charge on any atom is -0.327 e. The van der Waals surface area contributed by atoms with Gasteiger partial charge in [0, 0.05) is 6.04 Å². The van der Waals surface area contributed by atoms with E-state index in [0.717, 1.165) is 31.2 Å². The monoisotopic (exact) mass is 300 g/mol. The summed E-state index contributed by atoms with van der Waals surface area (Å²) in [5.41, 5.74) is 7.39. The fraction of sp³-hybridized carbons (Fsp3) is 0.500. The molecule has 0 spiro atoms. The molecule has 1 aliphatic carbocycles. The lowest BCUT2D eigenvalue weighted by Gasteiger charge is -2.27. The Hall–Kier alpha value is -0.770. The molecule has 3 nitrogen and oxygen atoms in total. The number of nitrogens with one attached hydrogen (secondary N) is 1. The van der Waals surface area contributed by atoms with E-state index < -0.39 is 0 Å². The van der Waals surface area contributed by atoms with E-state index in [-0.39, 0.29) is 17.9 Å². The summed E-state index contributed by atoms with van der Waals surface area (Å²) in [5.74, 6) is -0.233. The van der Waals surface area contributed by atoms with Crippen LogP contribution in [0.25, 0.3) is 0 Å². The maximum atomic E-state index is 12.3. The third kappa shape index (κ3) is 3.22. The molecule has 2 rings (SSSR count). The van der Waals surface area contributed by atoms with Crippen LogP contribution in [-0.2, 0) is 4.79 Å². The van der Waals surface area contributed by atoms with Crippen molar-refractivity contribution in [3.63, 3.8) is 0 Å². The molecule has 1 saturated carbocycles. The molecular formula is C14H18Cl2N2O. The van der Waals surface area contributed by atoms with Crippen molar-refractivity contribution in [3.8, 4) is 0 Å². The van der Waals surface area contributed by atoms with Gasteiger partial charge >= 0.3 is 0 Å². The predicted octanol–water partition coefficient (Wildman–Crippen LogP) is 3.76. The Balaban J connectivity index is 2.17. The lowest BCUT2D eigenvalue weighted by molar-refractivity contribution is -0.121. The Morgan fingerprint density at radius 2 is 2.00 bits per heavy atom. The molecule has 0 heterocycles. The van der Waals surface area contributed by atoms with Crippen molar-refractivity contribution in [2.75, 3.05) is 5.32 Å². The zero-order valence-electron chi connectivity index (χ0n) is 10.9. The highest BCUT2D eigenvalue weighted by Gasteiger charge is 2.29. The average molecular weight is 301 g/mol. The van der Waals surface area contributed by atoms with Crippen LogP contribution < -0.4 is 11.1 Å². The Labute approximate surface area is 123 Å². The molecule has 1 aromatic carbocycles. The number of aryl methyl sites for hydroxylation is 1. The van der Waals surface area contributed by atoms with Crippen LogP contribution in [0.4, 0.5) is 5.69 Å². The molecule has 0 saturated heterocycles. The molecule has 2 atom stereocenters. The number of anilines is 1. The first kappa shape index (κ1) is 14.6. The first-order chi connectivity index (χ1) is 9.00. The SMILES string of the molecule is Cc1ccc(Cl)c(NC(=O)C2CCCCC2N)c1Cl. The molecular weight excluding hydrogens is 283 g/mol. The molecule has 0 bridgehead atoms. The molecule has 1 fully saturated rings. The minimum absolute atomic E-state index is 0.0730. The number of benzene rings is 1. The van der Waals surface area contributed by atoms with Gasteiger partial charge in [-0.05, 0) is 31.4 Å². The summed E-state index contributed by atoms with van der Waals surface area (Å²) in [7, 11) is 0. The number of carbonyl (C=O) groups excluding carboxylic acids is 1. The van der Waals surface area contributed by atoms with E-state index in [4.69, 9.17) is 28.9 Å². The van der Waals surface area contributed by atoms with E-state index in [0.29, 0.717) is 15.7 Å². The molecule has 0 radical (unpaired) electrons. The molecule has 3 N–H and O–H groups in total. The van der Waals surface area contributed by atoms with Crippen LogP contribution in [0.2, 0.25) is 10.0 Å². The standard InChI is InChI=1S/C14H18Cl2N2O/c1-8-6-7-10(15)13(12(8)16)18-14(19)9-4-2-3-5-11(9)17/h6-7,9,11H,2-5,17H2,1H3,(H,18,19). The van der Waals surface area contributed by atoms with Gasteiger partial charge in [-0.2, -0.15) is 0 Å². The summed E-state index contributed by atoms with van der Waals surface area (Å²) in [6, 6.07) is 3.49. The second-order valence-electron chi connectivity index (χ2n) is 5.10. The summed E-state index contributed by atoms with van der Waals surface area (Å²) >= 11 is 12.3. The predicted molar refractivity (Wildman–Crippen MR) is 79.8 cm³/mol. The molecule has 2 unspecified atom stereocenters. The number of hydrogen-bond donors (Lipinski definition) is 2. The van der Waals surface area contributed by atoms with Crippen LogP contribution >= 0.6 is 23.2 Å². The van der Waals surface area contributed by atoms with E-state index in [1.165, 1.54) is 0 Å². The van der Waals surface area contributed by atoms with Gasteiger partial charge in [0.05, 0.1) is 21.7 Å². The summed E-state index contributed by atoms with van der Waals surface area (Å²) in [6.07, 6.45) is 3.86. The quantitative estimate of drug-likeness (QED) is 0.874. The Kier molecular flexibility index (Phi) is 4.71. The van der Waals surface area contributed by atoms with Gasteiger partial charge in [-0.3, -0.25) is 4.79 Å². The number of nitrogens with two attached hydrogens (primary N) is 1. The lowest BCUT2D eigenvalue weighted by Crippen LogP contribution is -2.40. The largest absolute Gasteiger partial charge is 0.327 e. The number of amides is 1.